The summed E-state index contributed by atoms with van der Waals surface area (Å²) in [5.74, 6) is -0.466. The maximum atomic E-state index is 12.9. The molecule has 0 nitrogen and oxygen atoms in total. The summed E-state index contributed by atoms with van der Waals surface area (Å²) in [5.41, 5.74) is 0. The predicted octanol–water partition coefficient (Wildman–Crippen LogP) is 0.0932. The van der Waals surface area contributed by atoms with Crippen LogP contribution in [0, 0.1) is 18.8 Å². The topological polar surface area (TPSA) is 0 Å². The standard InChI is InChI=1S/C12H8F2I/c13-9-3-1-5-11(7-9)15-12-6-2-4-10(14)8-12/h1-8H/q-1. The van der Waals surface area contributed by atoms with Gasteiger partial charge in [0.15, 0.2) is 0 Å². The molecule has 2 aromatic rings. The van der Waals surface area contributed by atoms with Gasteiger partial charge in [-0.05, 0) is 0 Å². The van der Waals surface area contributed by atoms with Crippen molar-refractivity contribution in [3.05, 3.63) is 67.3 Å². The Balaban J connectivity index is 2.22. The van der Waals surface area contributed by atoms with E-state index in [1.807, 2.05) is 12.1 Å². The van der Waals surface area contributed by atoms with Gasteiger partial charge in [0.05, 0.1) is 0 Å². The van der Waals surface area contributed by atoms with Gasteiger partial charge in [-0.15, -0.1) is 0 Å². The van der Waals surface area contributed by atoms with Crippen LogP contribution in [-0.2, 0) is 0 Å². The molecule has 3 heteroatoms. The van der Waals surface area contributed by atoms with E-state index in [-0.39, 0.29) is 11.6 Å². The first-order chi connectivity index (χ1) is 7.24. The molecule has 0 bridgehead atoms. The van der Waals surface area contributed by atoms with Gasteiger partial charge in [-0.3, -0.25) is 0 Å². The van der Waals surface area contributed by atoms with E-state index < -0.39 is 21.2 Å². The molecule has 0 spiro atoms. The number of hydrogen-bond donors (Lipinski definition) is 0. The van der Waals surface area contributed by atoms with Crippen LogP contribution >= 0.6 is 0 Å². The summed E-state index contributed by atoms with van der Waals surface area (Å²) in [5, 5.41) is 0. The van der Waals surface area contributed by atoms with Gasteiger partial charge in [0.2, 0.25) is 0 Å². The Morgan fingerprint density at radius 3 is 1.60 bits per heavy atom. The summed E-state index contributed by atoms with van der Waals surface area (Å²) in [6.07, 6.45) is 0. The summed E-state index contributed by atoms with van der Waals surface area (Å²) < 4.78 is 27.7. The quantitative estimate of drug-likeness (QED) is 0.689. The molecule has 0 aromatic heterocycles. The van der Waals surface area contributed by atoms with Gasteiger partial charge in [-0.25, -0.2) is 0 Å². The molecule has 2 rings (SSSR count). The van der Waals surface area contributed by atoms with Crippen LogP contribution < -0.4 is 21.2 Å². The van der Waals surface area contributed by atoms with Crippen molar-refractivity contribution >= 4 is 0 Å². The molecule has 0 radical (unpaired) electrons. The second kappa shape index (κ2) is 4.70. The molecule has 0 N–H and O–H groups in total. The van der Waals surface area contributed by atoms with Crippen LogP contribution in [0.25, 0.3) is 0 Å². The van der Waals surface area contributed by atoms with Crippen molar-refractivity contribution in [3.8, 4) is 0 Å². The van der Waals surface area contributed by atoms with Crippen molar-refractivity contribution in [2.75, 3.05) is 0 Å². The van der Waals surface area contributed by atoms with Crippen molar-refractivity contribution in [2.45, 2.75) is 0 Å². The average molecular weight is 317 g/mol. The molecule has 0 unspecified atom stereocenters. The number of rotatable bonds is 2. The van der Waals surface area contributed by atoms with E-state index in [4.69, 9.17) is 0 Å². The van der Waals surface area contributed by atoms with Crippen LogP contribution in [0.5, 0.6) is 0 Å². The van der Waals surface area contributed by atoms with Crippen molar-refractivity contribution in [1.29, 1.82) is 0 Å². The van der Waals surface area contributed by atoms with E-state index >= 15 is 0 Å². The first kappa shape index (κ1) is 10.5. The normalized spacial score (nSPS) is 10.5. The molecule has 0 saturated heterocycles. The maximum absolute atomic E-state index is 12.9. The third-order valence-corrected chi connectivity index (χ3v) is 4.38. The molecule has 0 aliphatic heterocycles. The zero-order valence-electron chi connectivity index (χ0n) is 7.75. The van der Waals surface area contributed by atoms with Gasteiger partial charge in [0.1, 0.15) is 0 Å². The van der Waals surface area contributed by atoms with E-state index in [0.717, 1.165) is 7.14 Å². The summed E-state index contributed by atoms with van der Waals surface area (Å²) >= 11 is -0.485. The van der Waals surface area contributed by atoms with Crippen molar-refractivity contribution < 1.29 is 30.0 Å². The van der Waals surface area contributed by atoms with Crippen molar-refractivity contribution in [3.63, 3.8) is 0 Å². The first-order valence-electron chi connectivity index (χ1n) is 4.40. The van der Waals surface area contributed by atoms with Gasteiger partial charge in [0, 0.05) is 0 Å². The first-order valence-corrected chi connectivity index (χ1v) is 6.56. The molecule has 2 aromatic carbocycles. The second-order valence-corrected chi connectivity index (χ2v) is 6.00. The molecule has 0 amide bonds. The monoisotopic (exact) mass is 317 g/mol. The summed E-state index contributed by atoms with van der Waals surface area (Å²) in [6, 6.07) is 13.0. The van der Waals surface area contributed by atoms with Gasteiger partial charge in [0.25, 0.3) is 0 Å². The summed E-state index contributed by atoms with van der Waals surface area (Å²) in [7, 11) is 0. The Hall–Kier alpha value is -0.970. The molecule has 0 fully saturated rings. The number of benzene rings is 2. The fraction of sp³-hybridized carbons (Fsp3) is 0. The third-order valence-electron chi connectivity index (χ3n) is 1.79. The van der Waals surface area contributed by atoms with Crippen LogP contribution in [-0.4, -0.2) is 0 Å². The molecule has 0 heterocycles. The predicted molar refractivity (Wildman–Crippen MR) is 50.2 cm³/mol. The Kier molecular flexibility index (Phi) is 3.30. The molecule has 0 saturated carbocycles. The van der Waals surface area contributed by atoms with Gasteiger partial charge < -0.3 is 0 Å². The molecular weight excluding hydrogens is 309 g/mol. The Bertz CT molecular complexity index is 425. The van der Waals surface area contributed by atoms with Crippen LogP contribution in [0.2, 0.25) is 0 Å². The zero-order valence-corrected chi connectivity index (χ0v) is 9.91. The Morgan fingerprint density at radius 2 is 1.20 bits per heavy atom. The second-order valence-electron chi connectivity index (χ2n) is 2.97. The minimum atomic E-state index is -0.485. The molecule has 78 valence electrons. The molecule has 0 atom stereocenters. The van der Waals surface area contributed by atoms with Crippen LogP contribution in [0.3, 0.4) is 0 Å². The molecule has 0 aliphatic rings. The SMILES string of the molecule is Fc1cccc([I-]c2cccc(F)c2)c1. The van der Waals surface area contributed by atoms with Gasteiger partial charge in [-0.2, -0.15) is 0 Å². The van der Waals surface area contributed by atoms with Crippen molar-refractivity contribution in [1.82, 2.24) is 0 Å². The van der Waals surface area contributed by atoms with Crippen molar-refractivity contribution in [2.24, 2.45) is 0 Å². The third kappa shape index (κ3) is 2.99. The van der Waals surface area contributed by atoms with Gasteiger partial charge in [-0.1, -0.05) is 0 Å². The van der Waals surface area contributed by atoms with Crippen LogP contribution in [0.15, 0.2) is 48.5 Å². The minimum absolute atomic E-state index is 0.233. The Labute approximate surface area is 97.2 Å². The summed E-state index contributed by atoms with van der Waals surface area (Å²) in [6.45, 7) is 0. The summed E-state index contributed by atoms with van der Waals surface area (Å²) in [4.78, 5) is 0. The molecular formula is C12H8F2I-. The Morgan fingerprint density at radius 1 is 0.733 bits per heavy atom. The van der Waals surface area contributed by atoms with Crippen LogP contribution in [0.1, 0.15) is 0 Å². The van der Waals surface area contributed by atoms with E-state index in [9.17, 15) is 8.78 Å². The molecule has 15 heavy (non-hydrogen) atoms. The number of halogens is 3. The van der Waals surface area contributed by atoms with E-state index in [0.29, 0.717) is 0 Å². The van der Waals surface area contributed by atoms with E-state index in [1.165, 1.54) is 24.3 Å². The van der Waals surface area contributed by atoms with E-state index in [2.05, 4.69) is 0 Å². The molecule has 0 aliphatic carbocycles. The number of hydrogen-bond acceptors (Lipinski definition) is 0. The fourth-order valence-electron chi connectivity index (χ4n) is 1.16. The van der Waals surface area contributed by atoms with E-state index in [1.54, 1.807) is 12.1 Å². The van der Waals surface area contributed by atoms with Crippen LogP contribution in [0.4, 0.5) is 8.78 Å². The van der Waals surface area contributed by atoms with Gasteiger partial charge >= 0.3 is 97.3 Å². The average Bonchev–Trinajstić information content (AvgIpc) is 2.17. The fourth-order valence-corrected chi connectivity index (χ4v) is 3.56. The zero-order chi connectivity index (χ0) is 10.7.